The summed E-state index contributed by atoms with van der Waals surface area (Å²) in [6.07, 6.45) is 0.493. The number of benzene rings is 3. The lowest BCUT2D eigenvalue weighted by Crippen LogP contribution is -2.18. The Bertz CT molecular complexity index is 1180. The molecule has 0 radical (unpaired) electrons. The van der Waals surface area contributed by atoms with E-state index in [-0.39, 0.29) is 22.0 Å². The highest BCUT2D eigenvalue weighted by molar-refractivity contribution is 8.33. The standard InChI is InChI=1S/C33H46O3S2/c1-11-24-37(34,35)36-38(28-18-12-25(13-19-28)31(2,3)4,29-20-14-26(15-21-29)32(5,6)7)30-22-16-27(17-23-30)33(8,9)10/h12-23H,11,24H2,1-10H3. The highest BCUT2D eigenvalue weighted by atomic mass is 32.3. The van der Waals surface area contributed by atoms with E-state index >= 15 is 0 Å². The van der Waals surface area contributed by atoms with Crippen LogP contribution in [0.1, 0.15) is 92.3 Å². The Morgan fingerprint density at radius 3 is 1.00 bits per heavy atom. The first kappa shape index (κ1) is 30.5. The minimum Gasteiger partial charge on any atom is -0.207 e. The molecule has 0 aliphatic carbocycles. The van der Waals surface area contributed by atoms with Gasteiger partial charge in [0.1, 0.15) is 0 Å². The van der Waals surface area contributed by atoms with E-state index < -0.39 is 20.4 Å². The van der Waals surface area contributed by atoms with Gasteiger partial charge < -0.3 is 0 Å². The third kappa shape index (κ3) is 6.73. The highest BCUT2D eigenvalue weighted by Gasteiger charge is 2.38. The zero-order chi connectivity index (χ0) is 28.6. The summed E-state index contributed by atoms with van der Waals surface area (Å²) >= 11 is 0. The second-order valence-electron chi connectivity index (χ2n) is 13.2. The Kier molecular flexibility index (Phi) is 8.68. The maximum atomic E-state index is 13.4. The first-order valence-electron chi connectivity index (χ1n) is 13.5. The van der Waals surface area contributed by atoms with Crippen molar-refractivity contribution in [2.24, 2.45) is 0 Å². The molecule has 0 saturated carbocycles. The molecule has 0 bridgehead atoms. The maximum Gasteiger partial charge on any atom is 0.277 e. The van der Waals surface area contributed by atoms with Crippen LogP contribution >= 0.6 is 10.3 Å². The molecule has 3 rings (SSSR count). The van der Waals surface area contributed by atoms with E-state index in [2.05, 4.69) is 135 Å². The summed E-state index contributed by atoms with van der Waals surface area (Å²) < 4.78 is 33.3. The molecule has 208 valence electrons. The third-order valence-corrected chi connectivity index (χ3v) is 12.2. The Morgan fingerprint density at radius 2 is 0.789 bits per heavy atom. The van der Waals surface area contributed by atoms with Crippen molar-refractivity contribution in [3.8, 4) is 0 Å². The lowest BCUT2D eigenvalue weighted by atomic mass is 9.87. The van der Waals surface area contributed by atoms with Gasteiger partial charge in [-0.05, 0) is 86.1 Å². The smallest absolute Gasteiger partial charge is 0.207 e. The molecule has 0 saturated heterocycles. The first-order chi connectivity index (χ1) is 17.4. The molecule has 38 heavy (non-hydrogen) atoms. The predicted octanol–water partition coefficient (Wildman–Crippen LogP) is 9.53. The van der Waals surface area contributed by atoms with E-state index in [9.17, 15) is 8.42 Å². The zero-order valence-electron chi connectivity index (χ0n) is 24.9. The molecule has 3 aromatic rings. The molecule has 0 aliphatic heterocycles. The summed E-state index contributed by atoms with van der Waals surface area (Å²) in [5.41, 5.74) is 3.52. The quantitative estimate of drug-likeness (QED) is 0.292. The molecule has 0 atom stereocenters. The molecule has 0 N–H and O–H groups in total. The van der Waals surface area contributed by atoms with Crippen LogP contribution in [-0.2, 0) is 30.0 Å². The van der Waals surface area contributed by atoms with Crippen molar-refractivity contribution in [2.45, 2.75) is 107 Å². The van der Waals surface area contributed by atoms with Crippen molar-refractivity contribution < 1.29 is 12.0 Å². The zero-order valence-corrected chi connectivity index (χ0v) is 26.5. The van der Waals surface area contributed by atoms with Crippen LogP contribution in [0.4, 0.5) is 0 Å². The van der Waals surface area contributed by atoms with Crippen molar-refractivity contribution in [2.75, 3.05) is 5.75 Å². The molecular formula is C33H46O3S2. The van der Waals surface area contributed by atoms with E-state index in [0.29, 0.717) is 6.42 Å². The summed E-state index contributed by atoms with van der Waals surface area (Å²) in [5, 5.41) is 0. The monoisotopic (exact) mass is 554 g/mol. The van der Waals surface area contributed by atoms with Crippen LogP contribution in [0.25, 0.3) is 0 Å². The molecule has 0 aromatic heterocycles. The average molecular weight is 555 g/mol. The summed E-state index contributed by atoms with van der Waals surface area (Å²) in [5.74, 6) is -0.0258. The molecular weight excluding hydrogens is 508 g/mol. The fraction of sp³-hybridized carbons (Fsp3) is 0.455. The van der Waals surface area contributed by atoms with Gasteiger partial charge in [0.2, 0.25) is 0 Å². The van der Waals surface area contributed by atoms with E-state index in [1.807, 2.05) is 6.92 Å². The molecule has 0 fully saturated rings. The van der Waals surface area contributed by atoms with Crippen molar-refractivity contribution in [1.29, 1.82) is 0 Å². The second kappa shape index (κ2) is 10.8. The minimum absolute atomic E-state index is 0.0195. The molecule has 0 heterocycles. The molecule has 0 spiro atoms. The molecule has 3 nitrogen and oxygen atoms in total. The van der Waals surface area contributed by atoms with Gasteiger partial charge >= 0.3 is 0 Å². The van der Waals surface area contributed by atoms with Gasteiger partial charge in [0, 0.05) is 14.7 Å². The van der Waals surface area contributed by atoms with Gasteiger partial charge in [-0.15, -0.1) is 0 Å². The van der Waals surface area contributed by atoms with Crippen molar-refractivity contribution in [3.63, 3.8) is 0 Å². The van der Waals surface area contributed by atoms with Crippen LogP contribution in [-0.4, -0.2) is 14.2 Å². The summed E-state index contributed by atoms with van der Waals surface area (Å²) in [7, 11) is -6.40. The third-order valence-electron chi connectivity index (χ3n) is 6.82. The van der Waals surface area contributed by atoms with Crippen LogP contribution in [0.2, 0.25) is 0 Å². The van der Waals surface area contributed by atoms with E-state index in [4.69, 9.17) is 3.63 Å². The molecule has 0 amide bonds. The van der Waals surface area contributed by atoms with Crippen LogP contribution in [0, 0.1) is 0 Å². The Morgan fingerprint density at radius 1 is 0.526 bits per heavy atom. The van der Waals surface area contributed by atoms with Gasteiger partial charge in [-0.1, -0.05) is 106 Å². The van der Waals surface area contributed by atoms with Gasteiger partial charge in [0.25, 0.3) is 10.1 Å². The van der Waals surface area contributed by atoms with Gasteiger partial charge in [-0.2, -0.15) is 8.42 Å². The van der Waals surface area contributed by atoms with Crippen molar-refractivity contribution in [3.05, 3.63) is 89.5 Å². The van der Waals surface area contributed by atoms with E-state index in [0.717, 1.165) is 14.7 Å². The lowest BCUT2D eigenvalue weighted by Gasteiger charge is -2.40. The van der Waals surface area contributed by atoms with Crippen LogP contribution in [0.3, 0.4) is 0 Å². The topological polar surface area (TPSA) is 43.4 Å². The SMILES string of the molecule is CCCS(=O)(=O)OS(c1ccc(C(C)(C)C)cc1)(c1ccc(C(C)(C)C)cc1)c1ccc(C(C)(C)C)cc1. The molecule has 5 heteroatoms. The average Bonchev–Trinajstić information content (AvgIpc) is 2.81. The van der Waals surface area contributed by atoms with Gasteiger partial charge in [0.05, 0.1) is 5.75 Å². The Balaban J connectivity index is 2.38. The fourth-order valence-corrected chi connectivity index (χ4v) is 9.74. The molecule has 3 aromatic carbocycles. The molecule has 0 aliphatic rings. The Hall–Kier alpha value is -2.08. The number of rotatable bonds is 7. The number of hydrogen-bond acceptors (Lipinski definition) is 3. The van der Waals surface area contributed by atoms with Crippen LogP contribution < -0.4 is 0 Å². The second-order valence-corrected chi connectivity index (χ2v) is 17.8. The summed E-state index contributed by atoms with van der Waals surface area (Å²) in [6, 6.07) is 25.0. The van der Waals surface area contributed by atoms with E-state index in [1.165, 1.54) is 16.7 Å². The minimum atomic E-state index is -3.81. The van der Waals surface area contributed by atoms with Gasteiger partial charge in [0.15, 0.2) is 0 Å². The number of hydrogen-bond donors (Lipinski definition) is 0. The summed E-state index contributed by atoms with van der Waals surface area (Å²) in [6.45, 7) is 21.5. The highest BCUT2D eigenvalue weighted by Crippen LogP contribution is 2.70. The normalized spacial score (nSPS) is 13.9. The van der Waals surface area contributed by atoms with Gasteiger partial charge in [-0.25, -0.2) is 3.63 Å². The van der Waals surface area contributed by atoms with Crippen LogP contribution in [0.5, 0.6) is 0 Å². The fourth-order valence-electron chi connectivity index (χ4n) is 4.41. The van der Waals surface area contributed by atoms with E-state index in [1.54, 1.807) is 0 Å². The maximum absolute atomic E-state index is 13.4. The lowest BCUT2D eigenvalue weighted by molar-refractivity contribution is 0.507. The predicted molar refractivity (Wildman–Crippen MR) is 163 cm³/mol. The summed E-state index contributed by atoms with van der Waals surface area (Å²) in [4.78, 5) is 2.62. The molecule has 0 unspecified atom stereocenters. The van der Waals surface area contributed by atoms with Crippen molar-refractivity contribution in [1.82, 2.24) is 0 Å². The Labute approximate surface area is 233 Å². The van der Waals surface area contributed by atoms with Gasteiger partial charge in [-0.3, -0.25) is 0 Å². The van der Waals surface area contributed by atoms with Crippen LogP contribution in [0.15, 0.2) is 87.5 Å². The van der Waals surface area contributed by atoms with Crippen molar-refractivity contribution >= 4 is 20.4 Å². The first-order valence-corrected chi connectivity index (χ1v) is 16.6. The largest absolute Gasteiger partial charge is 0.277 e.